The fourth-order valence-corrected chi connectivity index (χ4v) is 5.97. The van der Waals surface area contributed by atoms with Crippen molar-refractivity contribution in [2.24, 2.45) is 0 Å². The normalized spacial score (nSPS) is 11.6. The van der Waals surface area contributed by atoms with E-state index in [1.54, 1.807) is 0 Å². The maximum absolute atomic E-state index is 12.7. The maximum atomic E-state index is 12.7. The number of rotatable bonds is 35. The van der Waals surface area contributed by atoms with Crippen molar-refractivity contribution in [3.05, 3.63) is 0 Å². The van der Waals surface area contributed by atoms with E-state index in [1.807, 2.05) is 0 Å². The molecule has 0 heterocycles. The molecular weight excluding hydrogens is 588 g/mol. The molecule has 0 aromatic rings. The second-order valence-corrected chi connectivity index (χ2v) is 15.0. The van der Waals surface area contributed by atoms with Crippen molar-refractivity contribution >= 4 is 17.8 Å². The highest BCUT2D eigenvalue weighted by atomic mass is 16.5. The Morgan fingerprint density at radius 1 is 0.489 bits per heavy atom. The largest absolute Gasteiger partial charge is 0.466 e. The van der Waals surface area contributed by atoms with Gasteiger partial charge >= 0.3 is 11.9 Å². The third-order valence-electron chi connectivity index (χ3n) is 8.95. The number of hydrogen-bond donors (Lipinski definition) is 1. The molecule has 0 spiro atoms. The monoisotopic (exact) mass is 668 g/mol. The van der Waals surface area contributed by atoms with E-state index in [0.717, 1.165) is 43.1 Å². The average molecular weight is 668 g/mol. The Labute approximate surface area is 291 Å². The Hall–Kier alpha value is -1.63. The minimum atomic E-state index is -0.601. The summed E-state index contributed by atoms with van der Waals surface area (Å²) in [7, 11) is 6.29. The molecule has 1 amide bonds. The van der Waals surface area contributed by atoms with Gasteiger partial charge in [0, 0.05) is 18.9 Å². The Kier molecular flexibility index (Phi) is 31.8. The number of carbonyl (C=O) groups excluding carboxylic acids is 3. The van der Waals surface area contributed by atoms with Crippen LogP contribution in [0.5, 0.6) is 0 Å². The van der Waals surface area contributed by atoms with Crippen molar-refractivity contribution in [1.29, 1.82) is 0 Å². The van der Waals surface area contributed by atoms with Crippen molar-refractivity contribution < 1.29 is 28.3 Å². The van der Waals surface area contributed by atoms with Gasteiger partial charge in [0.05, 0.1) is 53.7 Å². The van der Waals surface area contributed by atoms with Crippen LogP contribution in [-0.2, 0) is 23.9 Å². The van der Waals surface area contributed by atoms with E-state index in [4.69, 9.17) is 9.47 Å². The summed E-state index contributed by atoms with van der Waals surface area (Å²) >= 11 is 0. The predicted molar refractivity (Wildman–Crippen MR) is 197 cm³/mol. The van der Waals surface area contributed by atoms with Gasteiger partial charge in [-0.2, -0.15) is 0 Å². The summed E-state index contributed by atoms with van der Waals surface area (Å²) in [5.41, 5.74) is 0. The van der Waals surface area contributed by atoms with Crippen molar-refractivity contribution in [3.63, 3.8) is 0 Å². The fourth-order valence-electron chi connectivity index (χ4n) is 5.97. The molecule has 0 saturated heterocycles. The summed E-state index contributed by atoms with van der Waals surface area (Å²) in [5, 5.41) is 2.92. The van der Waals surface area contributed by atoms with Crippen LogP contribution >= 0.6 is 0 Å². The lowest BCUT2D eigenvalue weighted by Crippen LogP contribution is -2.40. The second kappa shape index (κ2) is 32.9. The summed E-state index contributed by atoms with van der Waals surface area (Å²) in [6, 6.07) is -0.601. The first kappa shape index (κ1) is 45.4. The zero-order valence-electron chi connectivity index (χ0n) is 32.0. The lowest BCUT2D eigenvalue weighted by molar-refractivity contribution is -0.870. The van der Waals surface area contributed by atoms with Crippen LogP contribution in [-0.4, -0.2) is 69.3 Å². The van der Waals surface area contributed by atoms with Crippen LogP contribution in [0.25, 0.3) is 0 Å². The van der Waals surface area contributed by atoms with E-state index >= 15 is 0 Å². The minimum absolute atomic E-state index is 0.00691. The van der Waals surface area contributed by atoms with Crippen LogP contribution in [0.3, 0.4) is 0 Å². The molecule has 7 nitrogen and oxygen atoms in total. The SMILES string of the molecule is CCCCCCCCCCCCCCOC(=O)CC(CC(=O)OCCCCCCCCCCCCCC)NC(=O)CCC[N+](C)(C)C. The Balaban J connectivity index is 4.25. The number of ether oxygens (including phenoxy) is 2. The lowest BCUT2D eigenvalue weighted by atomic mass is 10.1. The van der Waals surface area contributed by atoms with Crippen LogP contribution in [0.15, 0.2) is 0 Å². The van der Waals surface area contributed by atoms with E-state index in [-0.39, 0.29) is 30.7 Å². The number of quaternary nitrogens is 1. The van der Waals surface area contributed by atoms with Crippen LogP contribution in [0, 0.1) is 0 Å². The van der Waals surface area contributed by atoms with E-state index in [1.165, 1.54) is 128 Å². The smallest absolute Gasteiger partial charge is 0.307 e. The van der Waals surface area contributed by atoms with Gasteiger partial charge in [-0.1, -0.05) is 155 Å². The molecule has 0 aliphatic carbocycles. The molecule has 0 bridgehead atoms. The number of unbranched alkanes of at least 4 members (excludes halogenated alkanes) is 22. The molecular formula is C40H79N2O5+. The zero-order chi connectivity index (χ0) is 34.9. The average Bonchev–Trinajstić information content (AvgIpc) is 3.01. The standard InChI is InChI=1S/C40H78N2O5/c1-6-8-10-12-14-16-18-20-22-24-26-28-33-46-39(44)35-37(41-38(43)31-30-32-42(3,4)5)36-40(45)47-34-29-27-25-23-21-19-17-15-13-11-9-7-2/h37H,6-36H2,1-5H3/p+1. The molecule has 0 aliphatic heterocycles. The highest BCUT2D eigenvalue weighted by Gasteiger charge is 2.22. The summed E-state index contributed by atoms with van der Waals surface area (Å²) in [4.78, 5) is 37.9. The highest BCUT2D eigenvalue weighted by Crippen LogP contribution is 2.14. The molecule has 0 aromatic carbocycles. The topological polar surface area (TPSA) is 81.7 Å². The van der Waals surface area contributed by atoms with Crippen LogP contribution < -0.4 is 5.32 Å². The zero-order valence-corrected chi connectivity index (χ0v) is 32.0. The number of amides is 1. The first-order chi connectivity index (χ1) is 22.7. The van der Waals surface area contributed by atoms with E-state index in [0.29, 0.717) is 19.6 Å². The van der Waals surface area contributed by atoms with Gasteiger partial charge in [-0.3, -0.25) is 14.4 Å². The molecule has 0 aromatic heterocycles. The molecule has 278 valence electrons. The summed E-state index contributed by atoms with van der Waals surface area (Å²) < 4.78 is 11.8. The molecule has 1 N–H and O–H groups in total. The minimum Gasteiger partial charge on any atom is -0.466 e. The third-order valence-corrected chi connectivity index (χ3v) is 8.95. The number of esters is 2. The van der Waals surface area contributed by atoms with Gasteiger partial charge in [0.1, 0.15) is 0 Å². The molecule has 0 unspecified atom stereocenters. The van der Waals surface area contributed by atoms with E-state index < -0.39 is 6.04 Å². The molecule has 7 heteroatoms. The Bertz CT molecular complexity index is 693. The van der Waals surface area contributed by atoms with Gasteiger partial charge in [0.2, 0.25) is 5.91 Å². The molecule has 0 saturated carbocycles. The van der Waals surface area contributed by atoms with Gasteiger partial charge < -0.3 is 19.3 Å². The molecule has 47 heavy (non-hydrogen) atoms. The molecule has 0 radical (unpaired) electrons. The predicted octanol–water partition coefficient (Wildman–Crippen LogP) is 10.2. The molecule has 0 atom stereocenters. The van der Waals surface area contributed by atoms with Crippen molar-refractivity contribution in [2.75, 3.05) is 40.9 Å². The number of carbonyl (C=O) groups is 3. The van der Waals surface area contributed by atoms with Gasteiger partial charge in [0.25, 0.3) is 0 Å². The first-order valence-corrected chi connectivity index (χ1v) is 20.1. The van der Waals surface area contributed by atoms with Crippen LogP contribution in [0.1, 0.15) is 194 Å². The summed E-state index contributed by atoms with van der Waals surface area (Å²) in [5.74, 6) is -0.858. The van der Waals surface area contributed by atoms with Crippen molar-refractivity contribution in [1.82, 2.24) is 5.32 Å². The highest BCUT2D eigenvalue weighted by molar-refractivity contribution is 5.79. The van der Waals surface area contributed by atoms with E-state index in [2.05, 4.69) is 40.3 Å². The fraction of sp³-hybridized carbons (Fsp3) is 0.925. The van der Waals surface area contributed by atoms with Crippen LogP contribution in [0.2, 0.25) is 0 Å². The molecule has 0 rings (SSSR count). The number of nitrogens with zero attached hydrogens (tertiary/aromatic N) is 1. The van der Waals surface area contributed by atoms with Crippen molar-refractivity contribution in [2.45, 2.75) is 200 Å². The lowest BCUT2D eigenvalue weighted by Gasteiger charge is -2.24. The van der Waals surface area contributed by atoms with Gasteiger partial charge in [0.15, 0.2) is 0 Å². The van der Waals surface area contributed by atoms with E-state index in [9.17, 15) is 14.4 Å². The van der Waals surface area contributed by atoms with Gasteiger partial charge in [-0.15, -0.1) is 0 Å². The molecule has 0 aliphatic rings. The maximum Gasteiger partial charge on any atom is 0.307 e. The second-order valence-electron chi connectivity index (χ2n) is 15.0. The van der Waals surface area contributed by atoms with Crippen LogP contribution in [0.4, 0.5) is 0 Å². The first-order valence-electron chi connectivity index (χ1n) is 20.1. The Morgan fingerprint density at radius 3 is 1.13 bits per heavy atom. The third kappa shape index (κ3) is 35.5. The van der Waals surface area contributed by atoms with Gasteiger partial charge in [-0.05, 0) is 12.8 Å². The summed E-state index contributed by atoms with van der Waals surface area (Å²) in [6.07, 6.45) is 31.3. The molecule has 0 fully saturated rings. The Morgan fingerprint density at radius 2 is 0.809 bits per heavy atom. The van der Waals surface area contributed by atoms with Crippen molar-refractivity contribution in [3.8, 4) is 0 Å². The quantitative estimate of drug-likeness (QED) is 0.0413. The summed E-state index contributed by atoms with van der Waals surface area (Å²) in [6.45, 7) is 6.18. The van der Waals surface area contributed by atoms with Gasteiger partial charge in [-0.25, -0.2) is 0 Å². The number of hydrogen-bond acceptors (Lipinski definition) is 5. The number of nitrogens with one attached hydrogen (secondary N) is 1.